The number of nitrogens with zero attached hydrogens (tertiary/aromatic N) is 2. The third-order valence-electron chi connectivity index (χ3n) is 2.72. The summed E-state index contributed by atoms with van der Waals surface area (Å²) in [6.07, 6.45) is -0.684. The SMILES string of the molecule is CS(=O)(=O)C1=C(n2ccc(N)nc2=O)O[C@H](CO)[C@H]1O. The third kappa shape index (κ3) is 2.40. The van der Waals surface area contributed by atoms with Gasteiger partial charge in [-0.2, -0.15) is 4.98 Å². The van der Waals surface area contributed by atoms with Crippen molar-refractivity contribution in [1.29, 1.82) is 0 Å². The number of sulfone groups is 1. The Morgan fingerprint density at radius 1 is 1.55 bits per heavy atom. The molecule has 0 spiro atoms. The molecule has 1 aliphatic heterocycles. The minimum atomic E-state index is -3.84. The molecule has 10 heteroatoms. The molecule has 0 fully saturated rings. The molecule has 0 saturated carbocycles. The Kier molecular flexibility index (Phi) is 3.54. The van der Waals surface area contributed by atoms with E-state index in [-0.39, 0.29) is 11.7 Å². The van der Waals surface area contributed by atoms with Gasteiger partial charge in [0, 0.05) is 12.5 Å². The molecule has 0 saturated heterocycles. The zero-order chi connectivity index (χ0) is 15.1. The lowest BCUT2D eigenvalue weighted by Gasteiger charge is -2.12. The Labute approximate surface area is 113 Å². The number of anilines is 1. The number of aliphatic hydroxyl groups is 2. The Hall–Kier alpha value is -1.91. The van der Waals surface area contributed by atoms with E-state index in [4.69, 9.17) is 15.6 Å². The zero-order valence-corrected chi connectivity index (χ0v) is 11.2. The van der Waals surface area contributed by atoms with E-state index < -0.39 is 39.2 Å². The molecule has 2 heterocycles. The second-order valence-corrected chi connectivity index (χ2v) is 6.21. The molecule has 4 N–H and O–H groups in total. The summed E-state index contributed by atoms with van der Waals surface area (Å²) in [6, 6.07) is 1.27. The molecule has 0 unspecified atom stereocenters. The Morgan fingerprint density at radius 3 is 2.70 bits per heavy atom. The van der Waals surface area contributed by atoms with Gasteiger partial charge in [-0.15, -0.1) is 0 Å². The first-order valence-electron chi connectivity index (χ1n) is 5.51. The van der Waals surface area contributed by atoms with Gasteiger partial charge in [-0.3, -0.25) is 0 Å². The Bertz CT molecular complexity index is 723. The van der Waals surface area contributed by atoms with Crippen molar-refractivity contribution < 1.29 is 23.4 Å². The van der Waals surface area contributed by atoms with Crippen molar-refractivity contribution in [3.63, 3.8) is 0 Å². The standard InChI is InChI=1S/C10H13N3O6S/c1-20(17,18)8-7(15)5(4-14)19-9(8)13-3-2-6(11)12-10(13)16/h2-3,5,7,14-15H,4H2,1H3,(H2,11,12,16)/t5-,7-/m1/s1. The number of ether oxygens (including phenoxy) is 1. The van der Waals surface area contributed by atoms with Gasteiger partial charge in [0.2, 0.25) is 5.88 Å². The second-order valence-electron chi connectivity index (χ2n) is 4.23. The summed E-state index contributed by atoms with van der Waals surface area (Å²) < 4.78 is 29.4. The molecule has 0 bridgehead atoms. The minimum Gasteiger partial charge on any atom is -0.469 e. The summed E-state index contributed by atoms with van der Waals surface area (Å²) >= 11 is 0. The van der Waals surface area contributed by atoms with E-state index in [1.165, 1.54) is 12.3 Å². The van der Waals surface area contributed by atoms with E-state index in [0.29, 0.717) is 0 Å². The van der Waals surface area contributed by atoms with Gasteiger partial charge in [0.15, 0.2) is 15.9 Å². The molecule has 0 radical (unpaired) electrons. The summed E-state index contributed by atoms with van der Waals surface area (Å²) in [5, 5.41) is 18.9. The van der Waals surface area contributed by atoms with E-state index in [9.17, 15) is 18.3 Å². The average Bonchev–Trinajstić information content (AvgIpc) is 2.65. The number of aliphatic hydroxyl groups excluding tert-OH is 2. The van der Waals surface area contributed by atoms with Gasteiger partial charge in [-0.1, -0.05) is 0 Å². The molecule has 1 aromatic heterocycles. The molecule has 1 aliphatic rings. The van der Waals surface area contributed by atoms with E-state index in [1.807, 2.05) is 0 Å². The van der Waals surface area contributed by atoms with Crippen LogP contribution < -0.4 is 11.4 Å². The third-order valence-corrected chi connectivity index (χ3v) is 3.93. The van der Waals surface area contributed by atoms with E-state index in [2.05, 4.69) is 4.98 Å². The fourth-order valence-electron chi connectivity index (χ4n) is 1.82. The highest BCUT2D eigenvalue weighted by molar-refractivity contribution is 7.94. The van der Waals surface area contributed by atoms with Crippen LogP contribution in [0.1, 0.15) is 0 Å². The average molecular weight is 303 g/mol. The van der Waals surface area contributed by atoms with Gasteiger partial charge in [0.1, 0.15) is 16.8 Å². The molecule has 2 atom stereocenters. The lowest BCUT2D eigenvalue weighted by Crippen LogP contribution is -2.29. The molecule has 1 aromatic rings. The number of hydrogen-bond donors (Lipinski definition) is 3. The molecule has 0 aliphatic carbocycles. The first-order valence-corrected chi connectivity index (χ1v) is 7.40. The molecule has 20 heavy (non-hydrogen) atoms. The van der Waals surface area contributed by atoms with Crippen LogP contribution in [0, 0.1) is 0 Å². The number of aromatic nitrogens is 2. The molecule has 9 nitrogen and oxygen atoms in total. The molecule has 110 valence electrons. The fourth-order valence-corrected chi connectivity index (χ4v) is 2.88. The lowest BCUT2D eigenvalue weighted by atomic mass is 10.2. The van der Waals surface area contributed by atoms with E-state index >= 15 is 0 Å². The van der Waals surface area contributed by atoms with Crippen LogP contribution in [0.5, 0.6) is 0 Å². The van der Waals surface area contributed by atoms with Crippen LogP contribution >= 0.6 is 0 Å². The highest BCUT2D eigenvalue weighted by Gasteiger charge is 2.41. The van der Waals surface area contributed by atoms with Crippen LogP contribution in [-0.2, 0) is 14.6 Å². The first-order chi connectivity index (χ1) is 9.25. The van der Waals surface area contributed by atoms with Crippen molar-refractivity contribution in [2.75, 3.05) is 18.6 Å². The second kappa shape index (κ2) is 4.89. The number of nitrogen functional groups attached to an aromatic ring is 1. The molecular formula is C10H13N3O6S. The largest absolute Gasteiger partial charge is 0.469 e. The fraction of sp³-hybridized carbons (Fsp3) is 0.400. The maximum atomic E-state index is 11.7. The van der Waals surface area contributed by atoms with Crippen molar-refractivity contribution in [2.45, 2.75) is 12.2 Å². The summed E-state index contributed by atoms with van der Waals surface area (Å²) in [7, 11) is -3.84. The van der Waals surface area contributed by atoms with Gasteiger partial charge < -0.3 is 20.7 Å². The van der Waals surface area contributed by atoms with Gasteiger partial charge in [0.05, 0.1) is 6.61 Å². The molecule has 0 aromatic carbocycles. The van der Waals surface area contributed by atoms with Crippen LogP contribution in [0.3, 0.4) is 0 Å². The number of nitrogens with two attached hydrogens (primary N) is 1. The van der Waals surface area contributed by atoms with Crippen molar-refractivity contribution in [2.24, 2.45) is 0 Å². The van der Waals surface area contributed by atoms with Crippen molar-refractivity contribution in [3.8, 4) is 0 Å². The first kappa shape index (κ1) is 14.5. The van der Waals surface area contributed by atoms with Crippen molar-refractivity contribution in [3.05, 3.63) is 27.7 Å². The summed E-state index contributed by atoms with van der Waals surface area (Å²) in [5.41, 5.74) is 4.48. The zero-order valence-electron chi connectivity index (χ0n) is 10.4. The van der Waals surface area contributed by atoms with Crippen LogP contribution in [0.25, 0.3) is 5.88 Å². The highest BCUT2D eigenvalue weighted by atomic mass is 32.2. The van der Waals surface area contributed by atoms with Crippen LogP contribution in [0.2, 0.25) is 0 Å². The lowest BCUT2D eigenvalue weighted by molar-refractivity contribution is 0.0244. The van der Waals surface area contributed by atoms with Gasteiger partial charge in [-0.25, -0.2) is 17.8 Å². The number of hydrogen-bond acceptors (Lipinski definition) is 8. The monoisotopic (exact) mass is 303 g/mol. The van der Waals surface area contributed by atoms with Gasteiger partial charge in [-0.05, 0) is 6.07 Å². The summed E-state index contributed by atoms with van der Waals surface area (Å²) in [6.45, 7) is -0.610. The van der Waals surface area contributed by atoms with Crippen LogP contribution in [0.4, 0.5) is 5.82 Å². The topological polar surface area (TPSA) is 145 Å². The van der Waals surface area contributed by atoms with Crippen LogP contribution in [-0.4, -0.2) is 53.3 Å². The Morgan fingerprint density at radius 2 is 2.20 bits per heavy atom. The minimum absolute atomic E-state index is 0.0370. The maximum absolute atomic E-state index is 11.7. The molecule has 2 rings (SSSR count). The quantitative estimate of drug-likeness (QED) is 0.567. The Balaban J connectivity index is 2.67. The normalized spacial score (nSPS) is 22.9. The van der Waals surface area contributed by atoms with E-state index in [1.54, 1.807) is 0 Å². The van der Waals surface area contributed by atoms with Gasteiger partial charge >= 0.3 is 5.69 Å². The summed E-state index contributed by atoms with van der Waals surface area (Å²) in [4.78, 5) is 14.7. The summed E-state index contributed by atoms with van der Waals surface area (Å²) in [5.74, 6) is -0.415. The number of rotatable bonds is 3. The van der Waals surface area contributed by atoms with Crippen molar-refractivity contribution >= 4 is 21.5 Å². The van der Waals surface area contributed by atoms with Crippen molar-refractivity contribution in [1.82, 2.24) is 9.55 Å². The van der Waals surface area contributed by atoms with Crippen LogP contribution in [0.15, 0.2) is 22.0 Å². The molecule has 0 amide bonds. The predicted molar refractivity (Wildman–Crippen MR) is 68.9 cm³/mol. The highest BCUT2D eigenvalue weighted by Crippen LogP contribution is 2.31. The smallest absolute Gasteiger partial charge is 0.356 e. The molecular weight excluding hydrogens is 290 g/mol. The van der Waals surface area contributed by atoms with E-state index in [0.717, 1.165) is 10.8 Å². The predicted octanol–water partition coefficient (Wildman–Crippen LogP) is -2.25. The van der Waals surface area contributed by atoms with Gasteiger partial charge in [0.25, 0.3) is 0 Å². The maximum Gasteiger partial charge on any atom is 0.356 e.